The number of nitrogens with zero attached hydrogens (tertiary/aromatic N) is 1. The molecule has 0 aliphatic carbocycles. The third kappa shape index (κ3) is 7.28. The zero-order chi connectivity index (χ0) is 14.0. The van der Waals surface area contributed by atoms with Crippen LogP contribution in [0.25, 0.3) is 0 Å². The van der Waals surface area contributed by atoms with Crippen molar-refractivity contribution < 1.29 is 14.6 Å². The molecule has 0 aromatic heterocycles. The highest BCUT2D eigenvalue weighted by molar-refractivity contribution is 4.83. The number of aliphatic hydroxyl groups excluding tert-OH is 1. The second-order valence-electron chi connectivity index (χ2n) is 4.97. The number of ether oxygens (including phenoxy) is 2. The second kappa shape index (κ2) is 9.69. The number of nitrogens with two attached hydrogens (primary N) is 1. The summed E-state index contributed by atoms with van der Waals surface area (Å²) in [6.45, 7) is 10.1. The summed E-state index contributed by atoms with van der Waals surface area (Å²) >= 11 is 0. The molecule has 0 aliphatic rings. The van der Waals surface area contributed by atoms with E-state index < -0.39 is 0 Å². The maximum atomic E-state index is 8.61. The Morgan fingerprint density at radius 2 is 1.94 bits per heavy atom. The van der Waals surface area contributed by atoms with Gasteiger partial charge in [-0.25, -0.2) is 0 Å². The molecule has 0 aromatic rings. The van der Waals surface area contributed by atoms with Crippen molar-refractivity contribution >= 4 is 0 Å². The van der Waals surface area contributed by atoms with Gasteiger partial charge in [-0.3, -0.25) is 0 Å². The Kier molecular flexibility index (Phi) is 9.59. The average molecular weight is 262 g/mol. The molecule has 18 heavy (non-hydrogen) atoms. The molecular formula is C13H30N2O3. The molecule has 0 bridgehead atoms. The van der Waals surface area contributed by atoms with Gasteiger partial charge in [0.2, 0.25) is 0 Å². The lowest BCUT2D eigenvalue weighted by Gasteiger charge is -2.32. The summed E-state index contributed by atoms with van der Waals surface area (Å²) in [4.78, 5) is 2.29. The highest BCUT2D eigenvalue weighted by atomic mass is 16.5. The summed E-state index contributed by atoms with van der Waals surface area (Å²) in [5.41, 5.74) is 5.84. The van der Waals surface area contributed by atoms with Gasteiger partial charge in [0.1, 0.15) is 0 Å². The predicted octanol–water partition coefficient (Wildman–Crippen LogP) is 0.460. The van der Waals surface area contributed by atoms with Crippen LogP contribution in [0.2, 0.25) is 0 Å². The molecule has 5 nitrogen and oxygen atoms in total. The van der Waals surface area contributed by atoms with E-state index in [9.17, 15) is 0 Å². The van der Waals surface area contributed by atoms with Gasteiger partial charge in [-0.2, -0.15) is 0 Å². The first-order valence-corrected chi connectivity index (χ1v) is 6.69. The van der Waals surface area contributed by atoms with Crippen LogP contribution in [-0.4, -0.2) is 68.2 Å². The Labute approximate surface area is 111 Å². The highest BCUT2D eigenvalue weighted by Crippen LogP contribution is 2.14. The van der Waals surface area contributed by atoms with E-state index in [0.717, 1.165) is 26.1 Å². The van der Waals surface area contributed by atoms with Gasteiger partial charge in [-0.1, -0.05) is 6.92 Å². The fourth-order valence-corrected chi connectivity index (χ4v) is 1.61. The van der Waals surface area contributed by atoms with Crippen LogP contribution >= 0.6 is 0 Å². The van der Waals surface area contributed by atoms with E-state index in [1.807, 2.05) is 13.8 Å². The SMILES string of the molecule is CCN(CCOCCO)CCC(N)C(C)(C)OC. The number of hydrogen-bond donors (Lipinski definition) is 2. The molecule has 110 valence electrons. The Morgan fingerprint density at radius 1 is 1.28 bits per heavy atom. The predicted molar refractivity (Wildman–Crippen MR) is 73.7 cm³/mol. The summed E-state index contributed by atoms with van der Waals surface area (Å²) in [6.07, 6.45) is 0.898. The Hall–Kier alpha value is -0.200. The molecule has 0 rings (SSSR count). The molecule has 0 spiro atoms. The van der Waals surface area contributed by atoms with E-state index in [2.05, 4.69) is 11.8 Å². The quantitative estimate of drug-likeness (QED) is 0.530. The number of rotatable bonds is 11. The second-order valence-corrected chi connectivity index (χ2v) is 4.97. The molecule has 0 fully saturated rings. The minimum Gasteiger partial charge on any atom is -0.394 e. The lowest BCUT2D eigenvalue weighted by atomic mass is 9.96. The van der Waals surface area contributed by atoms with E-state index >= 15 is 0 Å². The number of methoxy groups -OCH3 is 1. The van der Waals surface area contributed by atoms with Crippen molar-refractivity contribution in [2.75, 3.05) is 46.6 Å². The summed E-state index contributed by atoms with van der Waals surface area (Å²) in [5.74, 6) is 0. The van der Waals surface area contributed by atoms with Crippen molar-refractivity contribution in [2.24, 2.45) is 5.73 Å². The Bertz CT molecular complexity index is 201. The number of hydrogen-bond acceptors (Lipinski definition) is 5. The van der Waals surface area contributed by atoms with Gasteiger partial charge in [0.25, 0.3) is 0 Å². The number of likely N-dealkylation sites (N-methyl/N-ethyl adjacent to an activating group) is 1. The maximum absolute atomic E-state index is 8.61. The van der Waals surface area contributed by atoms with Gasteiger partial charge in [0.15, 0.2) is 0 Å². The van der Waals surface area contributed by atoms with E-state index in [0.29, 0.717) is 13.2 Å². The van der Waals surface area contributed by atoms with E-state index in [1.54, 1.807) is 7.11 Å². The fraction of sp³-hybridized carbons (Fsp3) is 1.00. The molecule has 0 amide bonds. The summed E-state index contributed by atoms with van der Waals surface area (Å²) in [7, 11) is 1.69. The highest BCUT2D eigenvalue weighted by Gasteiger charge is 2.25. The van der Waals surface area contributed by atoms with Gasteiger partial charge >= 0.3 is 0 Å². The maximum Gasteiger partial charge on any atom is 0.0773 e. The Balaban J connectivity index is 3.85. The molecule has 5 heteroatoms. The van der Waals surface area contributed by atoms with Crippen molar-refractivity contribution in [1.82, 2.24) is 4.90 Å². The summed E-state index contributed by atoms with van der Waals surface area (Å²) in [6, 6.07) is 0.0231. The first-order valence-electron chi connectivity index (χ1n) is 6.69. The summed E-state index contributed by atoms with van der Waals surface area (Å²) < 4.78 is 10.6. The monoisotopic (exact) mass is 262 g/mol. The van der Waals surface area contributed by atoms with E-state index in [-0.39, 0.29) is 18.2 Å². The number of aliphatic hydroxyl groups is 1. The average Bonchev–Trinajstić information content (AvgIpc) is 2.37. The van der Waals surface area contributed by atoms with E-state index in [1.165, 1.54) is 0 Å². The third-order valence-electron chi connectivity index (χ3n) is 3.41. The van der Waals surface area contributed by atoms with Gasteiger partial charge < -0.3 is 25.2 Å². The van der Waals surface area contributed by atoms with Gasteiger partial charge in [-0.15, -0.1) is 0 Å². The molecule has 0 radical (unpaired) electrons. The Morgan fingerprint density at radius 3 is 2.44 bits per heavy atom. The molecule has 0 saturated heterocycles. The van der Waals surface area contributed by atoms with Gasteiger partial charge in [0, 0.05) is 19.7 Å². The van der Waals surface area contributed by atoms with Gasteiger partial charge in [-0.05, 0) is 33.4 Å². The van der Waals surface area contributed by atoms with Crippen LogP contribution in [0, 0.1) is 0 Å². The van der Waals surface area contributed by atoms with Crippen LogP contribution in [0.3, 0.4) is 0 Å². The molecule has 0 aromatic carbocycles. The molecular weight excluding hydrogens is 232 g/mol. The standard InChI is InChI=1S/C13H30N2O3/c1-5-15(8-10-18-11-9-16)7-6-12(14)13(2,3)17-4/h12,16H,5-11,14H2,1-4H3. The first-order chi connectivity index (χ1) is 8.47. The molecule has 1 unspecified atom stereocenters. The van der Waals surface area contributed by atoms with Crippen molar-refractivity contribution in [2.45, 2.75) is 38.8 Å². The molecule has 0 aliphatic heterocycles. The van der Waals surface area contributed by atoms with Crippen LogP contribution in [0.1, 0.15) is 27.2 Å². The molecule has 0 heterocycles. The van der Waals surface area contributed by atoms with Crippen molar-refractivity contribution in [1.29, 1.82) is 0 Å². The largest absolute Gasteiger partial charge is 0.394 e. The van der Waals surface area contributed by atoms with Crippen LogP contribution in [-0.2, 0) is 9.47 Å². The molecule has 0 saturated carbocycles. The van der Waals surface area contributed by atoms with E-state index in [4.69, 9.17) is 20.3 Å². The third-order valence-corrected chi connectivity index (χ3v) is 3.41. The van der Waals surface area contributed by atoms with Crippen LogP contribution in [0.4, 0.5) is 0 Å². The zero-order valence-electron chi connectivity index (χ0n) is 12.3. The first kappa shape index (κ1) is 17.8. The van der Waals surface area contributed by atoms with Crippen LogP contribution in [0.5, 0.6) is 0 Å². The van der Waals surface area contributed by atoms with Gasteiger partial charge in [0.05, 0.1) is 25.4 Å². The summed E-state index contributed by atoms with van der Waals surface area (Å²) in [5, 5.41) is 8.61. The van der Waals surface area contributed by atoms with Crippen molar-refractivity contribution in [3.05, 3.63) is 0 Å². The zero-order valence-corrected chi connectivity index (χ0v) is 12.3. The lowest BCUT2D eigenvalue weighted by Crippen LogP contribution is -2.46. The minimum atomic E-state index is -0.285. The molecule has 3 N–H and O–H groups in total. The van der Waals surface area contributed by atoms with Crippen molar-refractivity contribution in [3.8, 4) is 0 Å². The van der Waals surface area contributed by atoms with Crippen molar-refractivity contribution in [3.63, 3.8) is 0 Å². The smallest absolute Gasteiger partial charge is 0.0773 e. The fourth-order valence-electron chi connectivity index (χ4n) is 1.61. The lowest BCUT2D eigenvalue weighted by molar-refractivity contribution is -0.00442. The van der Waals surface area contributed by atoms with Crippen LogP contribution < -0.4 is 5.73 Å². The molecule has 1 atom stereocenters. The topological polar surface area (TPSA) is 68.0 Å². The van der Waals surface area contributed by atoms with Crippen LogP contribution in [0.15, 0.2) is 0 Å². The minimum absolute atomic E-state index is 0.0231. The normalized spacial score (nSPS) is 14.2.